The van der Waals surface area contributed by atoms with Crippen LogP contribution < -0.4 is 5.32 Å². The number of Topliss-reactive ketones (excluding diaryl/α,β-unsaturated/α-hetero) is 1. The maximum atomic E-state index is 15.0. The highest BCUT2D eigenvalue weighted by molar-refractivity contribution is 5.95. The Morgan fingerprint density at radius 1 is 0.845 bits per heavy atom. The van der Waals surface area contributed by atoms with Crippen molar-refractivity contribution in [1.29, 1.82) is 0 Å². The van der Waals surface area contributed by atoms with Crippen molar-refractivity contribution in [3.8, 4) is 0 Å². The molecule has 2 saturated carbocycles. The van der Waals surface area contributed by atoms with Gasteiger partial charge in [0.15, 0.2) is 17.5 Å². The average Bonchev–Trinajstić information content (AvgIpc) is 3.20. The summed E-state index contributed by atoms with van der Waals surface area (Å²) < 4.78 is 24.6. The summed E-state index contributed by atoms with van der Waals surface area (Å²) in [6.07, 6.45) is -8.60. The lowest BCUT2D eigenvalue weighted by atomic mass is 9.46. The van der Waals surface area contributed by atoms with Crippen molar-refractivity contribution in [2.45, 2.75) is 95.7 Å². The van der Waals surface area contributed by atoms with E-state index in [0.717, 1.165) is 0 Å². The molecule has 3 aliphatic carbocycles. The summed E-state index contributed by atoms with van der Waals surface area (Å²) in [5, 5.41) is 38.5. The molecule has 3 aromatic rings. The predicted octanol–water partition coefficient (Wildman–Crippen LogP) is 4.05. The van der Waals surface area contributed by atoms with Gasteiger partial charge in [0.1, 0.15) is 24.4 Å². The molecule has 58 heavy (non-hydrogen) atoms. The van der Waals surface area contributed by atoms with Crippen molar-refractivity contribution in [3.05, 3.63) is 119 Å². The number of fused-ring (bicyclic) bond motifs is 5. The predicted molar refractivity (Wildman–Crippen MR) is 207 cm³/mol. The van der Waals surface area contributed by atoms with Crippen molar-refractivity contribution >= 4 is 29.6 Å². The number of carbonyl (C=O) groups excluding carboxylic acids is 5. The summed E-state index contributed by atoms with van der Waals surface area (Å²) in [6, 6.07) is 23.7. The average molecular weight is 796 g/mol. The second-order valence-electron chi connectivity index (χ2n) is 16.6. The second kappa shape index (κ2) is 15.5. The van der Waals surface area contributed by atoms with Gasteiger partial charge in [-0.3, -0.25) is 14.4 Å². The van der Waals surface area contributed by atoms with E-state index >= 15 is 0 Å². The van der Waals surface area contributed by atoms with Crippen LogP contribution in [0.3, 0.4) is 0 Å². The molecule has 7 rings (SSSR count). The Bertz CT molecular complexity index is 2100. The largest absolute Gasteiger partial charge is 0.458 e. The number of esters is 3. The molecular weight excluding hydrogens is 746 g/mol. The molecule has 2 bridgehead atoms. The van der Waals surface area contributed by atoms with Gasteiger partial charge in [-0.2, -0.15) is 0 Å². The fourth-order valence-corrected chi connectivity index (χ4v) is 10.0. The van der Waals surface area contributed by atoms with Crippen LogP contribution in [0, 0.1) is 22.7 Å². The molecule has 2 unspecified atom stereocenters. The third-order valence-electron chi connectivity index (χ3n) is 13.0. The van der Waals surface area contributed by atoms with Crippen molar-refractivity contribution < 1.29 is 58.2 Å². The number of nitrogens with one attached hydrogen (secondary N) is 1. The smallest absolute Gasteiger partial charge is 0.338 e. The number of hydrogen-bond donors (Lipinski definition) is 4. The number of ether oxygens (including phenoxy) is 4. The SMILES string of the molecule is CC(=O)O[C@@]12CO[C@@H]1C[C@H](O)[C@@]1(C)C(=O)[C@H](O)C3=C(C)[C@@H](OC(=O)[C@H](O)[C@@H](NC(=O)c4ccccc4)c4ccccc4)CC([C@@H](OC(=O)c4ccccc4)C12)C3(C)C. The van der Waals surface area contributed by atoms with Crippen molar-refractivity contribution in [2.24, 2.45) is 22.7 Å². The van der Waals surface area contributed by atoms with Crippen LogP contribution in [0.25, 0.3) is 0 Å². The molecule has 4 N–H and O–H groups in total. The molecule has 13 heteroatoms. The van der Waals surface area contributed by atoms with E-state index in [9.17, 15) is 39.3 Å². The highest BCUT2D eigenvalue weighted by atomic mass is 16.6. The summed E-state index contributed by atoms with van der Waals surface area (Å²) in [4.78, 5) is 69.4. The van der Waals surface area contributed by atoms with Crippen LogP contribution in [-0.4, -0.2) is 93.7 Å². The molecular formula is C45H49NO12. The number of rotatable bonds is 9. The maximum Gasteiger partial charge on any atom is 0.338 e. The van der Waals surface area contributed by atoms with Gasteiger partial charge in [-0.25, -0.2) is 9.59 Å². The normalized spacial score (nSPS) is 32.1. The Morgan fingerprint density at radius 3 is 2.00 bits per heavy atom. The number of carbonyl (C=O) groups is 5. The molecule has 13 nitrogen and oxygen atoms in total. The molecule has 0 aromatic heterocycles. The molecule has 1 heterocycles. The Kier molecular flexibility index (Phi) is 11.0. The van der Waals surface area contributed by atoms with Gasteiger partial charge in [0, 0.05) is 24.8 Å². The standard InChI is InChI=1S/C45H49NO12/c1-24-30(56-42(54)36(50)34(26-15-9-6-10-16-26)46-40(52)27-17-11-7-12-18-27)21-29-37(57-41(53)28-19-13-8-14-20-28)38-44(5,39(51)35(49)33(24)43(29,3)4)31(48)22-32-45(38,23-55-32)58-25(2)47/h6-20,29-32,34-38,48-50H,21-23H2,1-5H3,(H,46,52)/t29?,30-,31-,32+,34-,35+,36+,37+,38?,44+,45-/m0/s1. The third-order valence-corrected chi connectivity index (χ3v) is 13.0. The maximum absolute atomic E-state index is 15.0. The molecule has 1 aliphatic heterocycles. The number of ketones is 1. The fourth-order valence-electron chi connectivity index (χ4n) is 10.0. The quantitative estimate of drug-likeness (QED) is 0.138. The topological polar surface area (TPSA) is 195 Å². The molecule has 4 aliphatic rings. The van der Waals surface area contributed by atoms with Crippen molar-refractivity contribution in [1.82, 2.24) is 5.32 Å². The zero-order chi connectivity index (χ0) is 41.7. The van der Waals surface area contributed by atoms with E-state index in [1.807, 2.05) is 0 Å². The van der Waals surface area contributed by atoms with Gasteiger partial charge in [-0.15, -0.1) is 0 Å². The molecule has 306 valence electrons. The summed E-state index contributed by atoms with van der Waals surface area (Å²) in [7, 11) is 0. The molecule has 0 spiro atoms. The zero-order valence-corrected chi connectivity index (χ0v) is 33.0. The van der Waals surface area contributed by atoms with E-state index in [-0.39, 0.29) is 30.6 Å². The first-order valence-electron chi connectivity index (χ1n) is 19.5. The minimum Gasteiger partial charge on any atom is -0.458 e. The monoisotopic (exact) mass is 795 g/mol. The minimum atomic E-state index is -1.91. The van der Waals surface area contributed by atoms with Crippen LogP contribution in [0.2, 0.25) is 0 Å². The van der Waals surface area contributed by atoms with E-state index in [4.69, 9.17) is 18.9 Å². The zero-order valence-electron chi connectivity index (χ0n) is 33.0. The van der Waals surface area contributed by atoms with Crippen LogP contribution >= 0.6 is 0 Å². The highest BCUT2D eigenvalue weighted by Crippen LogP contribution is 2.63. The van der Waals surface area contributed by atoms with E-state index in [1.165, 1.54) is 13.8 Å². The van der Waals surface area contributed by atoms with Gasteiger partial charge in [0.2, 0.25) is 0 Å². The van der Waals surface area contributed by atoms with Gasteiger partial charge in [0.05, 0.1) is 35.6 Å². The van der Waals surface area contributed by atoms with Crippen LogP contribution in [0.1, 0.15) is 79.8 Å². The first-order chi connectivity index (χ1) is 27.5. The number of hydrogen-bond acceptors (Lipinski definition) is 12. The lowest BCUT2D eigenvalue weighted by molar-refractivity contribution is -0.335. The van der Waals surface area contributed by atoms with Gasteiger partial charge < -0.3 is 39.6 Å². The first-order valence-corrected chi connectivity index (χ1v) is 19.5. The van der Waals surface area contributed by atoms with E-state index in [2.05, 4.69) is 5.32 Å². The van der Waals surface area contributed by atoms with Crippen LogP contribution in [0.4, 0.5) is 0 Å². The molecule has 0 radical (unpaired) electrons. The summed E-state index contributed by atoms with van der Waals surface area (Å²) >= 11 is 0. The van der Waals surface area contributed by atoms with Gasteiger partial charge >= 0.3 is 17.9 Å². The van der Waals surface area contributed by atoms with Crippen LogP contribution in [0.5, 0.6) is 0 Å². The Morgan fingerprint density at radius 2 is 1.43 bits per heavy atom. The van der Waals surface area contributed by atoms with Gasteiger partial charge in [-0.1, -0.05) is 80.6 Å². The lowest BCUT2D eigenvalue weighted by Gasteiger charge is -2.65. The summed E-state index contributed by atoms with van der Waals surface area (Å²) in [5.41, 5.74) is -3.00. The molecule has 1 amide bonds. The van der Waals surface area contributed by atoms with Crippen molar-refractivity contribution in [3.63, 3.8) is 0 Å². The van der Waals surface area contributed by atoms with Crippen LogP contribution in [0.15, 0.2) is 102 Å². The number of aliphatic hydroxyl groups is 3. The second-order valence-corrected chi connectivity index (χ2v) is 16.6. The first kappa shape index (κ1) is 41.0. The van der Waals surface area contributed by atoms with E-state index in [0.29, 0.717) is 16.7 Å². The van der Waals surface area contributed by atoms with Gasteiger partial charge in [-0.05, 0) is 66.7 Å². The van der Waals surface area contributed by atoms with Crippen molar-refractivity contribution in [2.75, 3.05) is 6.61 Å². The van der Waals surface area contributed by atoms with E-state index < -0.39 is 101 Å². The molecule has 1 saturated heterocycles. The summed E-state index contributed by atoms with van der Waals surface area (Å²) in [6.45, 7) is 7.77. The minimum absolute atomic E-state index is 0.0365. The fraction of sp³-hybridized carbons (Fsp3) is 0.444. The summed E-state index contributed by atoms with van der Waals surface area (Å²) in [5.74, 6) is -5.93. The Balaban J connectivity index is 1.31. The Labute approximate surface area is 336 Å². The molecule has 3 aromatic carbocycles. The van der Waals surface area contributed by atoms with Gasteiger partial charge in [0.25, 0.3) is 5.91 Å². The highest BCUT2D eigenvalue weighted by Gasteiger charge is 2.75. The third kappa shape index (κ3) is 6.83. The molecule has 11 atom stereocenters. The molecule has 3 fully saturated rings. The van der Waals surface area contributed by atoms with E-state index in [1.54, 1.807) is 112 Å². The number of amides is 1. The number of aliphatic hydroxyl groups excluding tert-OH is 3. The lowest BCUT2D eigenvalue weighted by Crippen LogP contribution is -2.79. The number of benzene rings is 3. The van der Waals surface area contributed by atoms with Crippen LogP contribution in [-0.2, 0) is 33.3 Å². The Hall–Kier alpha value is -5.21.